The summed E-state index contributed by atoms with van der Waals surface area (Å²) in [5.74, 6) is -0.475. The van der Waals surface area contributed by atoms with Gasteiger partial charge in [0.2, 0.25) is 0 Å². The number of methoxy groups -OCH3 is 1. The van der Waals surface area contributed by atoms with Crippen LogP contribution in [0.3, 0.4) is 0 Å². The van der Waals surface area contributed by atoms with E-state index >= 15 is 0 Å². The van der Waals surface area contributed by atoms with Crippen molar-refractivity contribution in [3.8, 4) is 0 Å². The van der Waals surface area contributed by atoms with Gasteiger partial charge in [-0.1, -0.05) is 20.8 Å². The number of aliphatic hydroxyl groups excluding tert-OH is 1. The van der Waals surface area contributed by atoms with Crippen molar-refractivity contribution in [1.82, 2.24) is 0 Å². The summed E-state index contributed by atoms with van der Waals surface area (Å²) in [7, 11) is 1.44. The molecule has 1 N–H and O–H groups in total. The van der Waals surface area contributed by atoms with Crippen molar-refractivity contribution in [3.63, 3.8) is 0 Å². The van der Waals surface area contributed by atoms with E-state index < -0.39 is 60.7 Å². The molecule has 5 rings (SSSR count). The summed E-state index contributed by atoms with van der Waals surface area (Å²) in [6, 6.07) is 0. The highest BCUT2D eigenvalue weighted by atomic mass is 16.7. The minimum Gasteiger partial charge on any atom is -0.469 e. The highest BCUT2D eigenvalue weighted by molar-refractivity contribution is 5.69. The van der Waals surface area contributed by atoms with Crippen LogP contribution in [0.4, 0.5) is 0 Å². The standard InChI is InChI=1S/C39H60O13/c1-20(9-12-33(45)46-8)27-10-11-28-26-18-31(44)30-17-25(13-15-39(30,7)29(26)14-16-38(27,28)6)51-37-36(50-24(5)43)35(49-23(4)42)34(48-22(3)41)32(52-37)19-47-21(2)40/h20,25-32,34-37,44H,9-19H2,1-8H3/t20-,25-,26+,27-,28+,29+,30-,31+,32-,34-,35+,36-,37-,38-,39-/m1/s1. The molecule has 13 heteroatoms. The molecule has 294 valence electrons. The molecule has 0 spiro atoms. The quantitative estimate of drug-likeness (QED) is 0.177. The smallest absolute Gasteiger partial charge is 0.305 e. The fourth-order valence-electron chi connectivity index (χ4n) is 11.5. The Morgan fingerprint density at radius 3 is 2.02 bits per heavy atom. The van der Waals surface area contributed by atoms with Gasteiger partial charge in [0.25, 0.3) is 0 Å². The second-order valence-electron chi connectivity index (χ2n) is 16.7. The summed E-state index contributed by atoms with van der Waals surface area (Å²) in [6.45, 7) is 11.6. The van der Waals surface area contributed by atoms with Crippen LogP contribution in [-0.2, 0) is 57.1 Å². The summed E-state index contributed by atoms with van der Waals surface area (Å²) in [4.78, 5) is 60.4. The molecule has 0 aromatic carbocycles. The highest BCUT2D eigenvalue weighted by Gasteiger charge is 2.63. The van der Waals surface area contributed by atoms with Crippen LogP contribution in [0.1, 0.15) is 113 Å². The monoisotopic (exact) mass is 736 g/mol. The van der Waals surface area contributed by atoms with Crippen LogP contribution in [0.15, 0.2) is 0 Å². The summed E-state index contributed by atoms with van der Waals surface area (Å²) in [6.07, 6.45) is 1.54. The Labute approximate surface area is 307 Å². The predicted octanol–water partition coefficient (Wildman–Crippen LogP) is 4.67. The lowest BCUT2D eigenvalue weighted by Crippen LogP contribution is -2.64. The Kier molecular flexibility index (Phi) is 12.7. The van der Waals surface area contributed by atoms with Crippen LogP contribution in [-0.4, -0.2) is 91.6 Å². The van der Waals surface area contributed by atoms with E-state index in [0.717, 1.165) is 44.9 Å². The Morgan fingerprint density at radius 2 is 1.38 bits per heavy atom. The van der Waals surface area contributed by atoms with E-state index in [4.69, 9.17) is 33.2 Å². The maximum atomic E-state index is 12.3. The predicted molar refractivity (Wildman–Crippen MR) is 184 cm³/mol. The SMILES string of the molecule is COC(=O)CC[C@@H](C)[C@H]1CC[C@H]2[C@@H]3C[C@H](O)[C@H]4C[C@H](O[C@@H]5O[C@H](COC(C)=O)[C@@H](OC(C)=O)[C@H](OC(C)=O)[C@H]5OC(C)=O)CC[C@]4(C)[C@H]3CC[C@]12C. The summed E-state index contributed by atoms with van der Waals surface area (Å²) in [5.41, 5.74) is 0.0778. The van der Waals surface area contributed by atoms with Gasteiger partial charge < -0.3 is 38.3 Å². The molecule has 52 heavy (non-hydrogen) atoms. The third-order valence-electron chi connectivity index (χ3n) is 13.7. The molecule has 0 unspecified atom stereocenters. The van der Waals surface area contributed by atoms with Crippen LogP contribution in [0.2, 0.25) is 0 Å². The van der Waals surface area contributed by atoms with Crippen molar-refractivity contribution >= 4 is 29.8 Å². The van der Waals surface area contributed by atoms with Gasteiger partial charge >= 0.3 is 29.8 Å². The van der Waals surface area contributed by atoms with Gasteiger partial charge in [-0.15, -0.1) is 0 Å². The molecule has 4 aliphatic carbocycles. The Bertz CT molecular complexity index is 1330. The normalized spacial score (nSPS) is 41.6. The van der Waals surface area contributed by atoms with E-state index in [0.29, 0.717) is 48.9 Å². The fourth-order valence-corrected chi connectivity index (χ4v) is 11.5. The zero-order valence-corrected chi connectivity index (χ0v) is 32.1. The number of rotatable bonds is 11. The first kappa shape index (κ1) is 40.4. The van der Waals surface area contributed by atoms with E-state index in [9.17, 15) is 29.1 Å². The van der Waals surface area contributed by atoms with Gasteiger partial charge in [-0.2, -0.15) is 0 Å². The average Bonchev–Trinajstić information content (AvgIpc) is 3.42. The van der Waals surface area contributed by atoms with Gasteiger partial charge in [-0.25, -0.2) is 0 Å². The van der Waals surface area contributed by atoms with Crippen molar-refractivity contribution in [1.29, 1.82) is 0 Å². The maximum Gasteiger partial charge on any atom is 0.305 e. The van der Waals surface area contributed by atoms with Crippen LogP contribution >= 0.6 is 0 Å². The van der Waals surface area contributed by atoms with Gasteiger partial charge in [0.1, 0.15) is 12.7 Å². The highest BCUT2D eigenvalue weighted by Crippen LogP contribution is 2.68. The fraction of sp³-hybridized carbons (Fsp3) is 0.872. The van der Waals surface area contributed by atoms with E-state index in [-0.39, 0.29) is 35.4 Å². The lowest BCUT2D eigenvalue weighted by Gasteiger charge is -2.62. The molecule has 0 bridgehead atoms. The molecule has 1 heterocycles. The maximum absolute atomic E-state index is 12.3. The zero-order valence-electron chi connectivity index (χ0n) is 32.1. The van der Waals surface area contributed by atoms with Crippen LogP contribution < -0.4 is 0 Å². The van der Waals surface area contributed by atoms with Crippen molar-refractivity contribution in [3.05, 3.63) is 0 Å². The lowest BCUT2D eigenvalue weighted by atomic mass is 9.43. The molecule has 13 nitrogen and oxygen atoms in total. The van der Waals surface area contributed by atoms with Crippen LogP contribution in [0.5, 0.6) is 0 Å². The van der Waals surface area contributed by atoms with Gasteiger partial charge in [0.05, 0.1) is 19.3 Å². The first-order valence-electron chi connectivity index (χ1n) is 19.2. The van der Waals surface area contributed by atoms with E-state index in [1.807, 2.05) is 0 Å². The first-order chi connectivity index (χ1) is 24.5. The zero-order chi connectivity index (χ0) is 38.1. The molecule has 1 aliphatic heterocycles. The van der Waals surface area contributed by atoms with E-state index in [1.54, 1.807) is 0 Å². The van der Waals surface area contributed by atoms with E-state index in [1.165, 1.54) is 34.8 Å². The number of fused-ring (bicyclic) bond motifs is 5. The third-order valence-corrected chi connectivity index (χ3v) is 13.7. The number of aliphatic hydroxyl groups is 1. The lowest BCUT2D eigenvalue weighted by molar-refractivity contribution is -0.322. The molecule has 5 fully saturated rings. The summed E-state index contributed by atoms with van der Waals surface area (Å²) < 4.78 is 39.7. The minimum atomic E-state index is -1.30. The van der Waals surface area contributed by atoms with Crippen molar-refractivity contribution in [2.24, 2.45) is 46.3 Å². The van der Waals surface area contributed by atoms with Crippen molar-refractivity contribution in [2.75, 3.05) is 13.7 Å². The Balaban J connectivity index is 1.33. The van der Waals surface area contributed by atoms with Gasteiger partial charge in [-0.3, -0.25) is 24.0 Å². The number of esters is 5. The number of ether oxygens (including phenoxy) is 7. The van der Waals surface area contributed by atoms with Gasteiger partial charge in [0, 0.05) is 34.1 Å². The summed E-state index contributed by atoms with van der Waals surface area (Å²) in [5, 5.41) is 11.9. The first-order valence-corrected chi connectivity index (χ1v) is 19.2. The number of hydrogen-bond acceptors (Lipinski definition) is 13. The average molecular weight is 737 g/mol. The molecule has 0 amide bonds. The second-order valence-corrected chi connectivity index (χ2v) is 16.7. The minimum absolute atomic E-state index is 0.0290. The topological polar surface area (TPSA) is 170 Å². The van der Waals surface area contributed by atoms with Gasteiger partial charge in [0.15, 0.2) is 24.6 Å². The molecule has 0 aromatic heterocycles. The van der Waals surface area contributed by atoms with Crippen molar-refractivity contribution in [2.45, 2.75) is 156 Å². The third kappa shape index (κ3) is 8.31. The molecule has 4 saturated carbocycles. The molecular formula is C39H60O13. The molecule has 15 atom stereocenters. The molecule has 1 saturated heterocycles. The largest absolute Gasteiger partial charge is 0.469 e. The summed E-state index contributed by atoms with van der Waals surface area (Å²) >= 11 is 0. The molecule has 0 radical (unpaired) electrons. The molecule has 5 aliphatic rings. The van der Waals surface area contributed by atoms with Crippen LogP contribution in [0.25, 0.3) is 0 Å². The molecule has 0 aromatic rings. The number of carbonyl (C=O) groups is 5. The van der Waals surface area contributed by atoms with Crippen molar-refractivity contribution < 1.29 is 62.2 Å². The van der Waals surface area contributed by atoms with E-state index in [2.05, 4.69) is 20.8 Å². The molecular weight excluding hydrogens is 676 g/mol. The van der Waals surface area contributed by atoms with Gasteiger partial charge in [-0.05, 0) is 104 Å². The second kappa shape index (κ2) is 16.3. The van der Waals surface area contributed by atoms with Crippen LogP contribution in [0, 0.1) is 46.3 Å². The number of hydrogen-bond donors (Lipinski definition) is 1. The Hall–Kier alpha value is -2.77. The number of carbonyl (C=O) groups excluding carboxylic acids is 5. The Morgan fingerprint density at radius 1 is 0.769 bits per heavy atom.